The number of amides is 1. The van der Waals surface area contributed by atoms with Gasteiger partial charge in [-0.1, -0.05) is 42.3 Å². The SMILES string of the molecule is CC[C@H](C)N(Cc1cccc(OS(=O)(=O)CC)c1)C(=O)C(Cl)Cl. The molecule has 130 valence electrons. The molecule has 0 saturated carbocycles. The third-order valence-corrected chi connectivity index (χ3v) is 4.95. The lowest BCUT2D eigenvalue weighted by Crippen LogP contribution is -2.40. The van der Waals surface area contributed by atoms with Crippen LogP contribution in [0.5, 0.6) is 5.75 Å². The van der Waals surface area contributed by atoms with E-state index in [0.29, 0.717) is 0 Å². The molecule has 0 aromatic heterocycles. The molecule has 0 saturated heterocycles. The van der Waals surface area contributed by atoms with Crippen LogP contribution in [0.1, 0.15) is 32.8 Å². The summed E-state index contributed by atoms with van der Waals surface area (Å²) in [5.74, 6) is -0.279. The minimum absolute atomic E-state index is 0.0496. The Bertz CT molecular complexity index is 634. The van der Waals surface area contributed by atoms with Crippen molar-refractivity contribution in [2.45, 2.75) is 44.6 Å². The van der Waals surface area contributed by atoms with E-state index >= 15 is 0 Å². The summed E-state index contributed by atoms with van der Waals surface area (Å²) in [5.41, 5.74) is 0.733. The molecule has 0 fully saturated rings. The molecule has 1 atom stereocenters. The van der Waals surface area contributed by atoms with Crippen LogP contribution >= 0.6 is 23.2 Å². The number of carbonyl (C=O) groups excluding carboxylic acids is 1. The average molecular weight is 382 g/mol. The molecule has 1 rings (SSSR count). The minimum Gasteiger partial charge on any atom is -0.382 e. The van der Waals surface area contributed by atoms with Crippen molar-refractivity contribution in [1.82, 2.24) is 4.90 Å². The van der Waals surface area contributed by atoms with Gasteiger partial charge in [0, 0.05) is 12.6 Å². The largest absolute Gasteiger partial charge is 0.382 e. The number of halogens is 2. The second-order valence-corrected chi connectivity index (χ2v) is 8.06. The van der Waals surface area contributed by atoms with Crippen molar-refractivity contribution >= 4 is 39.2 Å². The van der Waals surface area contributed by atoms with E-state index in [2.05, 4.69) is 0 Å². The fourth-order valence-electron chi connectivity index (χ4n) is 1.89. The molecule has 1 aromatic rings. The number of benzene rings is 1. The number of alkyl halides is 2. The Hall–Kier alpha value is -0.980. The summed E-state index contributed by atoms with van der Waals surface area (Å²) in [7, 11) is -3.59. The lowest BCUT2D eigenvalue weighted by molar-refractivity contribution is -0.132. The van der Waals surface area contributed by atoms with E-state index in [9.17, 15) is 13.2 Å². The Morgan fingerprint density at radius 1 is 1.30 bits per heavy atom. The highest BCUT2D eigenvalue weighted by molar-refractivity contribution is 7.87. The van der Waals surface area contributed by atoms with Crippen molar-refractivity contribution in [3.63, 3.8) is 0 Å². The molecule has 0 unspecified atom stereocenters. The summed E-state index contributed by atoms with van der Waals surface area (Å²) in [6.45, 7) is 5.63. The standard InChI is InChI=1S/C15H21Cl2NO4S/c1-4-11(3)18(15(19)14(16)17)10-12-7-6-8-13(9-12)22-23(20,21)5-2/h6-9,11,14H,4-5,10H2,1-3H3/t11-/m0/s1. The quantitative estimate of drug-likeness (QED) is 0.511. The average Bonchev–Trinajstić information content (AvgIpc) is 2.51. The Labute approximate surface area is 147 Å². The van der Waals surface area contributed by atoms with E-state index in [4.69, 9.17) is 27.4 Å². The van der Waals surface area contributed by atoms with E-state index in [0.717, 1.165) is 12.0 Å². The number of hydrogen-bond donors (Lipinski definition) is 0. The van der Waals surface area contributed by atoms with Gasteiger partial charge in [-0.05, 0) is 38.0 Å². The molecule has 0 aliphatic carbocycles. The highest BCUT2D eigenvalue weighted by Crippen LogP contribution is 2.20. The molecule has 1 amide bonds. The van der Waals surface area contributed by atoms with Crippen LogP contribution in [-0.4, -0.2) is 35.9 Å². The number of carbonyl (C=O) groups is 1. The zero-order valence-corrected chi connectivity index (χ0v) is 15.7. The lowest BCUT2D eigenvalue weighted by atomic mass is 10.1. The topological polar surface area (TPSA) is 63.7 Å². The zero-order chi connectivity index (χ0) is 17.6. The maximum absolute atomic E-state index is 12.1. The fraction of sp³-hybridized carbons (Fsp3) is 0.533. The van der Waals surface area contributed by atoms with E-state index in [1.807, 2.05) is 13.8 Å². The van der Waals surface area contributed by atoms with Crippen molar-refractivity contribution < 1.29 is 17.4 Å². The van der Waals surface area contributed by atoms with Crippen LogP contribution in [-0.2, 0) is 21.5 Å². The summed E-state index contributed by atoms with van der Waals surface area (Å²) in [6.07, 6.45) is 0.743. The predicted molar refractivity (Wildman–Crippen MR) is 92.3 cm³/mol. The molecule has 0 N–H and O–H groups in total. The van der Waals surface area contributed by atoms with E-state index < -0.39 is 15.0 Å². The highest BCUT2D eigenvalue weighted by atomic mass is 35.5. The summed E-state index contributed by atoms with van der Waals surface area (Å²) in [6, 6.07) is 6.55. The summed E-state index contributed by atoms with van der Waals surface area (Å²) in [5, 5.41) is 0. The Morgan fingerprint density at radius 2 is 1.96 bits per heavy atom. The molecule has 1 aromatic carbocycles. The maximum Gasteiger partial charge on any atom is 0.308 e. The molecule has 0 heterocycles. The van der Waals surface area contributed by atoms with Gasteiger partial charge in [0.25, 0.3) is 5.91 Å². The predicted octanol–water partition coefficient (Wildman–Crippen LogP) is 3.35. The first-order valence-electron chi connectivity index (χ1n) is 7.29. The second-order valence-electron chi connectivity index (χ2n) is 5.10. The van der Waals surface area contributed by atoms with Crippen molar-refractivity contribution in [3.8, 4) is 5.75 Å². The summed E-state index contributed by atoms with van der Waals surface area (Å²) < 4.78 is 28.0. The molecule has 0 radical (unpaired) electrons. The first-order chi connectivity index (χ1) is 10.7. The van der Waals surface area contributed by atoms with E-state index in [1.165, 1.54) is 6.92 Å². The molecular weight excluding hydrogens is 361 g/mol. The Morgan fingerprint density at radius 3 is 2.48 bits per heavy atom. The molecule has 0 bridgehead atoms. The van der Waals surface area contributed by atoms with Gasteiger partial charge < -0.3 is 9.08 Å². The van der Waals surface area contributed by atoms with Crippen molar-refractivity contribution in [2.24, 2.45) is 0 Å². The van der Waals surface area contributed by atoms with Crippen LogP contribution < -0.4 is 4.18 Å². The van der Waals surface area contributed by atoms with Gasteiger partial charge in [-0.25, -0.2) is 0 Å². The van der Waals surface area contributed by atoms with Crippen LogP contribution in [0.15, 0.2) is 24.3 Å². The van der Waals surface area contributed by atoms with Crippen LogP contribution in [0, 0.1) is 0 Å². The first kappa shape index (κ1) is 20.1. The molecular formula is C15H21Cl2NO4S. The summed E-state index contributed by atoms with van der Waals surface area (Å²) >= 11 is 11.4. The fourth-order valence-corrected chi connectivity index (χ4v) is 2.66. The van der Waals surface area contributed by atoms with Crippen LogP contribution in [0.25, 0.3) is 0 Å². The third kappa shape index (κ3) is 6.20. The normalized spacial score (nSPS) is 13.0. The summed E-state index contributed by atoms with van der Waals surface area (Å²) in [4.78, 5) is 12.6. The number of nitrogens with zero attached hydrogens (tertiary/aromatic N) is 1. The number of rotatable bonds is 8. The van der Waals surface area contributed by atoms with Gasteiger partial charge >= 0.3 is 10.1 Å². The first-order valence-corrected chi connectivity index (χ1v) is 9.75. The monoisotopic (exact) mass is 381 g/mol. The van der Waals surface area contributed by atoms with Crippen molar-refractivity contribution in [3.05, 3.63) is 29.8 Å². The van der Waals surface area contributed by atoms with Gasteiger partial charge in [-0.2, -0.15) is 8.42 Å². The molecule has 23 heavy (non-hydrogen) atoms. The maximum atomic E-state index is 12.1. The number of hydrogen-bond acceptors (Lipinski definition) is 4. The van der Waals surface area contributed by atoms with E-state index in [-0.39, 0.29) is 30.0 Å². The van der Waals surface area contributed by atoms with Crippen molar-refractivity contribution in [2.75, 3.05) is 5.75 Å². The molecule has 0 aliphatic rings. The van der Waals surface area contributed by atoms with Gasteiger partial charge in [0.05, 0.1) is 5.75 Å². The Balaban J connectivity index is 2.99. The van der Waals surface area contributed by atoms with Gasteiger partial charge in [0.2, 0.25) is 0 Å². The van der Waals surface area contributed by atoms with Crippen molar-refractivity contribution in [1.29, 1.82) is 0 Å². The molecule has 8 heteroatoms. The second kappa shape index (κ2) is 8.76. The van der Waals surface area contributed by atoms with Gasteiger partial charge in [0.15, 0.2) is 4.84 Å². The minimum atomic E-state index is -3.59. The van der Waals surface area contributed by atoms with Crippen LogP contribution in [0.3, 0.4) is 0 Å². The van der Waals surface area contributed by atoms with Gasteiger partial charge in [0.1, 0.15) is 5.75 Å². The van der Waals surface area contributed by atoms with Gasteiger partial charge in [-0.15, -0.1) is 0 Å². The van der Waals surface area contributed by atoms with E-state index in [1.54, 1.807) is 29.2 Å². The zero-order valence-electron chi connectivity index (χ0n) is 13.3. The van der Waals surface area contributed by atoms with Crippen LogP contribution in [0.4, 0.5) is 0 Å². The molecule has 0 aliphatic heterocycles. The lowest BCUT2D eigenvalue weighted by Gasteiger charge is -2.29. The Kier molecular flexibility index (Phi) is 7.64. The van der Waals surface area contributed by atoms with Crippen LogP contribution in [0.2, 0.25) is 0 Å². The third-order valence-electron chi connectivity index (χ3n) is 3.42. The molecule has 0 spiro atoms. The highest BCUT2D eigenvalue weighted by Gasteiger charge is 2.24. The van der Waals surface area contributed by atoms with Gasteiger partial charge in [-0.3, -0.25) is 4.79 Å². The smallest absolute Gasteiger partial charge is 0.308 e. The molecule has 5 nitrogen and oxygen atoms in total.